The molecule has 2 aromatic rings. The highest BCUT2D eigenvalue weighted by atomic mass is 19.1. The first kappa shape index (κ1) is 13.4. The highest BCUT2D eigenvalue weighted by Gasteiger charge is 2.15. The van der Waals surface area contributed by atoms with E-state index >= 15 is 0 Å². The number of aromatic nitrogens is 3. The summed E-state index contributed by atoms with van der Waals surface area (Å²) in [6.45, 7) is 4.85. The molecule has 0 aromatic carbocycles. The molecule has 1 N–H and O–H groups in total. The van der Waals surface area contributed by atoms with Gasteiger partial charge in [0.2, 0.25) is 0 Å². The Bertz CT molecular complexity index is 557. The minimum Gasteiger partial charge on any atom is -0.370 e. The standard InChI is InChI=1S/C14H17FN4/c1-3-5-11-13(10-6-7-16-8-12(10)15)18-9-19-14(11)17-4-2/h6-9H,3-5H2,1-2H3,(H,17,18,19). The lowest BCUT2D eigenvalue weighted by molar-refractivity contribution is 0.624. The summed E-state index contributed by atoms with van der Waals surface area (Å²) < 4.78 is 13.9. The predicted molar refractivity (Wildman–Crippen MR) is 73.4 cm³/mol. The second kappa shape index (κ2) is 6.22. The van der Waals surface area contributed by atoms with Crippen LogP contribution < -0.4 is 5.32 Å². The van der Waals surface area contributed by atoms with Crippen molar-refractivity contribution in [3.63, 3.8) is 0 Å². The molecule has 0 atom stereocenters. The Morgan fingerprint density at radius 1 is 1.26 bits per heavy atom. The second-order valence-corrected chi connectivity index (χ2v) is 4.19. The van der Waals surface area contributed by atoms with Gasteiger partial charge < -0.3 is 5.32 Å². The number of anilines is 1. The molecule has 19 heavy (non-hydrogen) atoms. The van der Waals surface area contributed by atoms with E-state index in [1.807, 2.05) is 6.92 Å². The SMILES string of the molecule is CCCc1c(NCC)ncnc1-c1ccncc1F. The van der Waals surface area contributed by atoms with Gasteiger partial charge in [-0.05, 0) is 19.4 Å². The lowest BCUT2D eigenvalue weighted by atomic mass is 10.0. The maximum Gasteiger partial charge on any atom is 0.150 e. The molecule has 0 aliphatic rings. The summed E-state index contributed by atoms with van der Waals surface area (Å²) in [7, 11) is 0. The second-order valence-electron chi connectivity index (χ2n) is 4.19. The van der Waals surface area contributed by atoms with Gasteiger partial charge in [0.1, 0.15) is 12.1 Å². The summed E-state index contributed by atoms with van der Waals surface area (Å²) in [5, 5.41) is 3.20. The molecule has 0 amide bonds. The van der Waals surface area contributed by atoms with Gasteiger partial charge in [0.25, 0.3) is 0 Å². The fraction of sp³-hybridized carbons (Fsp3) is 0.357. The minimum absolute atomic E-state index is 0.360. The minimum atomic E-state index is -0.360. The Labute approximate surface area is 112 Å². The highest BCUT2D eigenvalue weighted by molar-refractivity contribution is 5.68. The van der Waals surface area contributed by atoms with Crippen LogP contribution in [0.4, 0.5) is 10.2 Å². The molecule has 0 saturated heterocycles. The quantitative estimate of drug-likeness (QED) is 0.897. The van der Waals surface area contributed by atoms with Gasteiger partial charge in [0.15, 0.2) is 5.82 Å². The third-order valence-corrected chi connectivity index (χ3v) is 2.82. The zero-order chi connectivity index (χ0) is 13.7. The van der Waals surface area contributed by atoms with E-state index in [0.717, 1.165) is 30.8 Å². The van der Waals surface area contributed by atoms with E-state index in [4.69, 9.17) is 0 Å². The Morgan fingerprint density at radius 2 is 2.11 bits per heavy atom. The molecule has 0 bridgehead atoms. The van der Waals surface area contributed by atoms with E-state index in [1.54, 1.807) is 12.3 Å². The number of halogens is 1. The van der Waals surface area contributed by atoms with Crippen molar-refractivity contribution in [3.8, 4) is 11.3 Å². The first-order valence-electron chi connectivity index (χ1n) is 6.45. The average Bonchev–Trinajstić information content (AvgIpc) is 2.42. The van der Waals surface area contributed by atoms with Gasteiger partial charge in [-0.25, -0.2) is 14.4 Å². The molecule has 2 aromatic heterocycles. The smallest absolute Gasteiger partial charge is 0.150 e. The molecule has 0 saturated carbocycles. The molecule has 4 nitrogen and oxygen atoms in total. The fourth-order valence-corrected chi connectivity index (χ4v) is 2.02. The summed E-state index contributed by atoms with van der Waals surface area (Å²) in [6.07, 6.45) is 6.00. The van der Waals surface area contributed by atoms with Crippen molar-refractivity contribution in [2.75, 3.05) is 11.9 Å². The van der Waals surface area contributed by atoms with Crippen LogP contribution in [0.3, 0.4) is 0 Å². The van der Waals surface area contributed by atoms with Crippen LogP contribution >= 0.6 is 0 Å². The molecule has 0 fully saturated rings. The molecule has 0 aliphatic carbocycles. The van der Waals surface area contributed by atoms with Crippen molar-refractivity contribution in [1.29, 1.82) is 0 Å². The largest absolute Gasteiger partial charge is 0.370 e. The predicted octanol–water partition coefficient (Wildman–Crippen LogP) is 3.06. The molecular weight excluding hydrogens is 243 g/mol. The van der Waals surface area contributed by atoms with Gasteiger partial charge in [0, 0.05) is 23.9 Å². The average molecular weight is 260 g/mol. The summed E-state index contributed by atoms with van der Waals surface area (Å²) in [5.74, 6) is 0.423. The number of pyridine rings is 1. The van der Waals surface area contributed by atoms with Crippen LogP contribution in [0, 0.1) is 5.82 Å². The van der Waals surface area contributed by atoms with Gasteiger partial charge >= 0.3 is 0 Å². The first-order chi connectivity index (χ1) is 9.27. The molecule has 0 aliphatic heterocycles. The van der Waals surface area contributed by atoms with Gasteiger partial charge in [0.05, 0.1) is 11.9 Å². The molecule has 2 rings (SSSR count). The number of nitrogens with zero attached hydrogens (tertiary/aromatic N) is 3. The van der Waals surface area contributed by atoms with E-state index in [-0.39, 0.29) is 5.82 Å². The van der Waals surface area contributed by atoms with Gasteiger partial charge in [-0.15, -0.1) is 0 Å². The molecule has 0 unspecified atom stereocenters. The molecule has 0 spiro atoms. The van der Waals surface area contributed by atoms with E-state index in [9.17, 15) is 4.39 Å². The monoisotopic (exact) mass is 260 g/mol. The van der Waals surface area contributed by atoms with Crippen LogP contribution in [0.25, 0.3) is 11.3 Å². The van der Waals surface area contributed by atoms with Crippen LogP contribution in [0.2, 0.25) is 0 Å². The first-order valence-corrected chi connectivity index (χ1v) is 6.45. The molecule has 5 heteroatoms. The third-order valence-electron chi connectivity index (χ3n) is 2.82. The van der Waals surface area contributed by atoms with Crippen molar-refractivity contribution < 1.29 is 4.39 Å². The van der Waals surface area contributed by atoms with Crippen molar-refractivity contribution in [2.24, 2.45) is 0 Å². The van der Waals surface area contributed by atoms with Gasteiger partial charge in [-0.3, -0.25) is 4.98 Å². The topological polar surface area (TPSA) is 50.7 Å². The van der Waals surface area contributed by atoms with Crippen molar-refractivity contribution in [3.05, 3.63) is 36.2 Å². The Balaban J connectivity index is 2.56. The zero-order valence-electron chi connectivity index (χ0n) is 11.2. The number of nitrogens with one attached hydrogen (secondary N) is 1. The Kier molecular flexibility index (Phi) is 4.39. The van der Waals surface area contributed by atoms with E-state index in [1.165, 1.54) is 12.5 Å². The molecule has 0 radical (unpaired) electrons. The summed E-state index contributed by atoms with van der Waals surface area (Å²) in [4.78, 5) is 12.3. The maximum atomic E-state index is 13.9. The summed E-state index contributed by atoms with van der Waals surface area (Å²) in [6, 6.07) is 1.65. The maximum absolute atomic E-state index is 13.9. The third kappa shape index (κ3) is 2.86. The zero-order valence-corrected chi connectivity index (χ0v) is 11.2. The van der Waals surface area contributed by atoms with Crippen molar-refractivity contribution in [1.82, 2.24) is 15.0 Å². The number of hydrogen-bond donors (Lipinski definition) is 1. The lowest BCUT2D eigenvalue weighted by Gasteiger charge is -2.13. The van der Waals surface area contributed by atoms with E-state index in [0.29, 0.717) is 11.3 Å². The van der Waals surface area contributed by atoms with E-state index in [2.05, 4.69) is 27.2 Å². The molecule has 100 valence electrons. The summed E-state index contributed by atoms with van der Waals surface area (Å²) in [5.41, 5.74) is 2.07. The van der Waals surface area contributed by atoms with Crippen molar-refractivity contribution >= 4 is 5.82 Å². The van der Waals surface area contributed by atoms with Crippen LogP contribution in [-0.4, -0.2) is 21.5 Å². The van der Waals surface area contributed by atoms with Crippen LogP contribution in [-0.2, 0) is 6.42 Å². The lowest BCUT2D eigenvalue weighted by Crippen LogP contribution is -2.07. The Hall–Kier alpha value is -2.04. The van der Waals surface area contributed by atoms with Crippen LogP contribution in [0.5, 0.6) is 0 Å². The number of rotatable bonds is 5. The summed E-state index contributed by atoms with van der Waals surface area (Å²) >= 11 is 0. The molecule has 2 heterocycles. The van der Waals surface area contributed by atoms with Crippen LogP contribution in [0.15, 0.2) is 24.8 Å². The van der Waals surface area contributed by atoms with Crippen molar-refractivity contribution in [2.45, 2.75) is 26.7 Å². The number of hydrogen-bond acceptors (Lipinski definition) is 4. The molecular formula is C14H17FN4. The fourth-order valence-electron chi connectivity index (χ4n) is 2.02. The van der Waals surface area contributed by atoms with E-state index < -0.39 is 0 Å². The highest BCUT2D eigenvalue weighted by Crippen LogP contribution is 2.28. The van der Waals surface area contributed by atoms with Gasteiger partial charge in [-0.2, -0.15) is 0 Å². The van der Waals surface area contributed by atoms with Gasteiger partial charge in [-0.1, -0.05) is 13.3 Å². The van der Waals surface area contributed by atoms with Crippen LogP contribution in [0.1, 0.15) is 25.8 Å². The normalized spacial score (nSPS) is 10.5. The Morgan fingerprint density at radius 3 is 2.79 bits per heavy atom.